The second-order valence-electron chi connectivity index (χ2n) is 5.15. The molecule has 1 N–H and O–H groups in total. The Kier molecular flexibility index (Phi) is 4.59. The van der Waals surface area contributed by atoms with E-state index in [1.165, 1.54) is 0 Å². The Balaban J connectivity index is 2.43. The van der Waals surface area contributed by atoms with Gasteiger partial charge < -0.3 is 15.0 Å². The summed E-state index contributed by atoms with van der Waals surface area (Å²) >= 11 is 0. The normalized spacial score (nSPS) is 24.2. The fraction of sp³-hybridized carbons (Fsp3) is 0.917. The summed E-state index contributed by atoms with van der Waals surface area (Å²) in [5.74, 6) is 0. The van der Waals surface area contributed by atoms with E-state index in [0.29, 0.717) is 13.1 Å². The summed E-state index contributed by atoms with van der Waals surface area (Å²) in [5.41, 5.74) is -0.236. The van der Waals surface area contributed by atoms with Crippen molar-refractivity contribution in [2.75, 3.05) is 19.6 Å². The molecular formula is C12H24N2O2. The number of amides is 2. The Morgan fingerprint density at radius 2 is 2.25 bits per heavy atom. The predicted octanol–water partition coefficient (Wildman–Crippen LogP) is 2.00. The molecule has 1 aliphatic heterocycles. The second kappa shape index (κ2) is 5.53. The van der Waals surface area contributed by atoms with Gasteiger partial charge in [-0.3, -0.25) is 0 Å². The van der Waals surface area contributed by atoms with Gasteiger partial charge in [0, 0.05) is 13.1 Å². The molecule has 0 aromatic carbocycles. The second-order valence-corrected chi connectivity index (χ2v) is 5.15. The van der Waals surface area contributed by atoms with Crippen LogP contribution in [0.2, 0.25) is 0 Å². The Bertz CT molecular complexity index is 241. The first-order valence-electron chi connectivity index (χ1n) is 6.15. The molecule has 4 nitrogen and oxygen atoms in total. The summed E-state index contributed by atoms with van der Waals surface area (Å²) in [6, 6.07) is 0.0386. The Morgan fingerprint density at radius 1 is 1.56 bits per heavy atom. The van der Waals surface area contributed by atoms with E-state index in [0.717, 1.165) is 19.4 Å². The molecule has 1 saturated heterocycles. The molecule has 0 radical (unpaired) electrons. The zero-order valence-corrected chi connectivity index (χ0v) is 10.9. The summed E-state index contributed by atoms with van der Waals surface area (Å²) < 4.78 is 5.76. The van der Waals surface area contributed by atoms with Crippen molar-refractivity contribution in [3.05, 3.63) is 0 Å². The minimum atomic E-state index is -0.236. The molecule has 0 aromatic heterocycles. The summed E-state index contributed by atoms with van der Waals surface area (Å²) in [6.07, 6.45) is 2.25. The number of hydrogen-bond acceptors (Lipinski definition) is 2. The van der Waals surface area contributed by atoms with Gasteiger partial charge in [-0.15, -0.1) is 0 Å². The largest absolute Gasteiger partial charge is 0.369 e. The molecule has 1 unspecified atom stereocenters. The van der Waals surface area contributed by atoms with E-state index in [2.05, 4.69) is 12.2 Å². The topological polar surface area (TPSA) is 41.6 Å². The summed E-state index contributed by atoms with van der Waals surface area (Å²) in [7, 11) is 0. The van der Waals surface area contributed by atoms with E-state index in [9.17, 15) is 4.79 Å². The summed E-state index contributed by atoms with van der Waals surface area (Å²) in [5, 5.41) is 2.94. The molecule has 0 aliphatic carbocycles. The highest BCUT2D eigenvalue weighted by Gasteiger charge is 2.33. The van der Waals surface area contributed by atoms with Crippen molar-refractivity contribution in [2.45, 2.75) is 52.2 Å². The first kappa shape index (κ1) is 13.3. The molecule has 1 heterocycles. The Morgan fingerprint density at radius 3 is 2.81 bits per heavy atom. The van der Waals surface area contributed by atoms with E-state index >= 15 is 0 Å². The zero-order valence-electron chi connectivity index (χ0n) is 10.9. The SMILES string of the molecule is CCCCNC(=O)N1CC(C)OC(C)(C)C1. The standard InChI is InChI=1S/C12H24N2O2/c1-5-6-7-13-11(15)14-8-10(2)16-12(3,4)9-14/h10H,5-9H2,1-4H3,(H,13,15). The lowest BCUT2D eigenvalue weighted by Crippen LogP contribution is -2.56. The van der Waals surface area contributed by atoms with Crippen LogP contribution in [0, 0.1) is 0 Å². The van der Waals surface area contributed by atoms with Crippen molar-refractivity contribution in [1.82, 2.24) is 10.2 Å². The van der Waals surface area contributed by atoms with Crippen LogP contribution >= 0.6 is 0 Å². The van der Waals surface area contributed by atoms with Gasteiger partial charge in [0.15, 0.2) is 0 Å². The van der Waals surface area contributed by atoms with Crippen LogP contribution in [-0.2, 0) is 4.74 Å². The monoisotopic (exact) mass is 228 g/mol. The van der Waals surface area contributed by atoms with Gasteiger partial charge in [0.25, 0.3) is 0 Å². The van der Waals surface area contributed by atoms with E-state index in [1.807, 2.05) is 25.7 Å². The quantitative estimate of drug-likeness (QED) is 0.751. The van der Waals surface area contributed by atoms with Gasteiger partial charge in [0.2, 0.25) is 0 Å². The molecule has 4 heteroatoms. The predicted molar refractivity (Wildman–Crippen MR) is 64.5 cm³/mol. The molecule has 1 fully saturated rings. The molecule has 16 heavy (non-hydrogen) atoms. The van der Waals surface area contributed by atoms with E-state index in [4.69, 9.17) is 4.74 Å². The Labute approximate surface area is 98.3 Å². The van der Waals surface area contributed by atoms with Crippen molar-refractivity contribution < 1.29 is 9.53 Å². The smallest absolute Gasteiger partial charge is 0.317 e. The van der Waals surface area contributed by atoms with Crippen LogP contribution < -0.4 is 5.32 Å². The molecule has 1 atom stereocenters. The van der Waals surface area contributed by atoms with Crippen LogP contribution in [0.1, 0.15) is 40.5 Å². The molecule has 1 rings (SSSR count). The summed E-state index contributed by atoms with van der Waals surface area (Å²) in [4.78, 5) is 13.7. The number of nitrogens with zero attached hydrogens (tertiary/aromatic N) is 1. The third-order valence-electron chi connectivity index (χ3n) is 2.66. The van der Waals surface area contributed by atoms with Crippen LogP contribution in [0.25, 0.3) is 0 Å². The molecule has 0 saturated carbocycles. The molecule has 1 aliphatic rings. The molecular weight excluding hydrogens is 204 g/mol. The van der Waals surface area contributed by atoms with E-state index in [-0.39, 0.29) is 17.7 Å². The lowest BCUT2D eigenvalue weighted by atomic mass is 10.1. The van der Waals surface area contributed by atoms with Crippen LogP contribution in [0.15, 0.2) is 0 Å². The number of carbonyl (C=O) groups excluding carboxylic acids is 1. The number of unbranched alkanes of at least 4 members (excludes halogenated alkanes) is 1. The molecule has 94 valence electrons. The maximum atomic E-state index is 11.9. The Hall–Kier alpha value is -0.770. The van der Waals surface area contributed by atoms with Crippen LogP contribution in [-0.4, -0.2) is 42.3 Å². The number of morpholine rings is 1. The highest BCUT2D eigenvalue weighted by molar-refractivity contribution is 5.74. The molecule has 0 aromatic rings. The highest BCUT2D eigenvalue weighted by atomic mass is 16.5. The van der Waals surface area contributed by atoms with Crippen molar-refractivity contribution >= 4 is 6.03 Å². The van der Waals surface area contributed by atoms with E-state index in [1.54, 1.807) is 0 Å². The minimum absolute atomic E-state index is 0.0386. The fourth-order valence-corrected chi connectivity index (χ4v) is 2.09. The number of urea groups is 1. The van der Waals surface area contributed by atoms with Gasteiger partial charge in [0.05, 0.1) is 18.2 Å². The maximum Gasteiger partial charge on any atom is 0.317 e. The van der Waals surface area contributed by atoms with Crippen LogP contribution in [0.4, 0.5) is 4.79 Å². The van der Waals surface area contributed by atoms with Crippen molar-refractivity contribution in [2.24, 2.45) is 0 Å². The molecule has 0 spiro atoms. The maximum absolute atomic E-state index is 11.9. The zero-order chi connectivity index (χ0) is 12.2. The number of ether oxygens (including phenoxy) is 1. The van der Waals surface area contributed by atoms with Crippen LogP contribution in [0.5, 0.6) is 0 Å². The lowest BCUT2D eigenvalue weighted by Gasteiger charge is -2.41. The minimum Gasteiger partial charge on any atom is -0.369 e. The van der Waals surface area contributed by atoms with Crippen molar-refractivity contribution in [3.8, 4) is 0 Å². The molecule has 2 amide bonds. The number of hydrogen-bond donors (Lipinski definition) is 1. The average molecular weight is 228 g/mol. The third kappa shape index (κ3) is 4.00. The average Bonchev–Trinajstić information content (AvgIpc) is 2.14. The van der Waals surface area contributed by atoms with Crippen molar-refractivity contribution in [3.63, 3.8) is 0 Å². The van der Waals surface area contributed by atoms with Gasteiger partial charge >= 0.3 is 6.03 Å². The highest BCUT2D eigenvalue weighted by Crippen LogP contribution is 2.20. The van der Waals surface area contributed by atoms with Crippen molar-refractivity contribution in [1.29, 1.82) is 0 Å². The first-order chi connectivity index (χ1) is 7.44. The molecule has 0 bridgehead atoms. The van der Waals surface area contributed by atoms with Gasteiger partial charge in [0.1, 0.15) is 0 Å². The third-order valence-corrected chi connectivity index (χ3v) is 2.66. The van der Waals surface area contributed by atoms with Gasteiger partial charge in [-0.1, -0.05) is 13.3 Å². The van der Waals surface area contributed by atoms with Gasteiger partial charge in [-0.05, 0) is 27.2 Å². The fourth-order valence-electron chi connectivity index (χ4n) is 2.09. The number of rotatable bonds is 3. The number of carbonyl (C=O) groups is 1. The number of nitrogens with one attached hydrogen (secondary N) is 1. The summed E-state index contributed by atoms with van der Waals surface area (Å²) in [6.45, 7) is 10.3. The van der Waals surface area contributed by atoms with Gasteiger partial charge in [-0.2, -0.15) is 0 Å². The van der Waals surface area contributed by atoms with E-state index < -0.39 is 0 Å². The van der Waals surface area contributed by atoms with Crippen LogP contribution in [0.3, 0.4) is 0 Å². The lowest BCUT2D eigenvalue weighted by molar-refractivity contribution is -0.117. The van der Waals surface area contributed by atoms with Gasteiger partial charge in [-0.25, -0.2) is 4.79 Å². The first-order valence-corrected chi connectivity index (χ1v) is 6.15.